The van der Waals surface area contributed by atoms with E-state index in [0.29, 0.717) is 9.90 Å². The normalized spacial score (nSPS) is 12.4. The second-order valence-corrected chi connectivity index (χ2v) is 8.57. The molecule has 0 spiro atoms. The number of aliphatic hydroxyl groups is 1. The summed E-state index contributed by atoms with van der Waals surface area (Å²) in [5.74, 6) is 0.0630. The van der Waals surface area contributed by atoms with Crippen molar-refractivity contribution < 1.29 is 18.3 Å². The maximum Gasteiger partial charge on any atom is 0.417 e. The van der Waals surface area contributed by atoms with E-state index < -0.39 is 23.4 Å². The van der Waals surface area contributed by atoms with Crippen molar-refractivity contribution >= 4 is 40.4 Å². The molecular formula is C20H15ClF3N3OS2. The molecule has 4 nitrogen and oxygen atoms in total. The standard InChI is InChI=1S/C20H15ClF3N3OS2/c21-12-3-5-13(6-4-12)26-10-14(28)11-30-19-15(9-25)16(20(22,23)24)8-17(27-19)18-2-1-7-29-18/h1-8,14,26,28H,10-11H2. The first kappa shape index (κ1) is 22.4. The van der Waals surface area contributed by atoms with Crippen molar-refractivity contribution in [1.29, 1.82) is 5.26 Å². The first-order valence-electron chi connectivity index (χ1n) is 8.64. The number of pyridine rings is 1. The highest BCUT2D eigenvalue weighted by atomic mass is 35.5. The summed E-state index contributed by atoms with van der Waals surface area (Å²) in [7, 11) is 0. The van der Waals surface area contributed by atoms with Gasteiger partial charge in [-0.3, -0.25) is 0 Å². The van der Waals surface area contributed by atoms with Crippen LogP contribution in [0.1, 0.15) is 11.1 Å². The van der Waals surface area contributed by atoms with Crippen molar-refractivity contribution in [2.24, 2.45) is 0 Å². The average molecular weight is 470 g/mol. The lowest BCUT2D eigenvalue weighted by Gasteiger charge is -2.16. The van der Waals surface area contributed by atoms with Crippen molar-refractivity contribution in [3.8, 4) is 16.6 Å². The van der Waals surface area contributed by atoms with Crippen LogP contribution in [0.25, 0.3) is 10.6 Å². The lowest BCUT2D eigenvalue weighted by Crippen LogP contribution is -2.22. The zero-order valence-corrected chi connectivity index (χ0v) is 17.7. The molecule has 0 aliphatic heterocycles. The summed E-state index contributed by atoms with van der Waals surface area (Å²) in [5.41, 5.74) is -0.670. The smallest absolute Gasteiger partial charge is 0.390 e. The predicted molar refractivity (Wildman–Crippen MR) is 114 cm³/mol. The predicted octanol–water partition coefficient (Wildman–Crippen LogP) is 5.92. The number of nitrogens with zero attached hydrogens (tertiary/aromatic N) is 2. The molecule has 10 heteroatoms. The third-order valence-corrected chi connectivity index (χ3v) is 6.24. The van der Waals surface area contributed by atoms with Crippen molar-refractivity contribution in [2.75, 3.05) is 17.6 Å². The number of rotatable bonds is 7. The minimum atomic E-state index is -4.69. The van der Waals surface area contributed by atoms with Crippen molar-refractivity contribution in [3.63, 3.8) is 0 Å². The van der Waals surface area contributed by atoms with Gasteiger partial charge in [-0.25, -0.2) is 4.98 Å². The molecule has 1 unspecified atom stereocenters. The van der Waals surface area contributed by atoms with Crippen LogP contribution in [0.4, 0.5) is 18.9 Å². The minimum absolute atomic E-state index is 0.0544. The molecule has 1 atom stereocenters. The van der Waals surface area contributed by atoms with E-state index in [4.69, 9.17) is 11.6 Å². The molecule has 0 fully saturated rings. The first-order valence-corrected chi connectivity index (χ1v) is 10.9. The number of aromatic nitrogens is 1. The van der Waals surface area contributed by atoms with Gasteiger partial charge in [0, 0.05) is 23.0 Å². The van der Waals surface area contributed by atoms with Crippen LogP contribution < -0.4 is 5.32 Å². The van der Waals surface area contributed by atoms with E-state index in [-0.39, 0.29) is 23.0 Å². The Morgan fingerprint density at radius 1 is 1.27 bits per heavy atom. The highest BCUT2D eigenvalue weighted by Gasteiger charge is 2.36. The Balaban J connectivity index is 1.77. The van der Waals surface area contributed by atoms with Gasteiger partial charge in [0.05, 0.1) is 27.8 Å². The lowest BCUT2D eigenvalue weighted by atomic mass is 10.1. The van der Waals surface area contributed by atoms with Gasteiger partial charge in [0.1, 0.15) is 11.1 Å². The van der Waals surface area contributed by atoms with Crippen LogP contribution >= 0.6 is 34.7 Å². The van der Waals surface area contributed by atoms with Crippen molar-refractivity contribution in [3.05, 3.63) is 64.0 Å². The number of benzene rings is 1. The average Bonchev–Trinajstić information content (AvgIpc) is 3.25. The summed E-state index contributed by atoms with van der Waals surface area (Å²) in [6, 6.07) is 12.8. The van der Waals surface area contributed by atoms with E-state index in [1.54, 1.807) is 47.8 Å². The summed E-state index contributed by atoms with van der Waals surface area (Å²) in [6.45, 7) is 0.174. The highest BCUT2D eigenvalue weighted by Crippen LogP contribution is 2.38. The topological polar surface area (TPSA) is 68.9 Å². The number of nitriles is 1. The molecule has 0 saturated carbocycles. The molecule has 0 bridgehead atoms. The number of halogens is 4. The Labute approximate surface area is 184 Å². The number of aliphatic hydroxyl groups excluding tert-OH is 1. The molecule has 2 heterocycles. The molecule has 0 radical (unpaired) electrons. The van der Waals surface area contributed by atoms with E-state index in [0.717, 1.165) is 23.5 Å². The second kappa shape index (κ2) is 9.71. The maximum atomic E-state index is 13.5. The molecule has 3 aromatic rings. The van der Waals surface area contributed by atoms with Crippen LogP contribution in [0.2, 0.25) is 5.02 Å². The first-order chi connectivity index (χ1) is 14.3. The van der Waals surface area contributed by atoms with Gasteiger partial charge in [-0.1, -0.05) is 17.7 Å². The third kappa shape index (κ3) is 5.67. The van der Waals surface area contributed by atoms with E-state index >= 15 is 0 Å². The van der Waals surface area contributed by atoms with Crippen LogP contribution in [0, 0.1) is 11.3 Å². The van der Waals surface area contributed by atoms with Crippen LogP contribution in [-0.4, -0.2) is 28.5 Å². The molecule has 1 aromatic carbocycles. The van der Waals surface area contributed by atoms with Gasteiger partial charge < -0.3 is 10.4 Å². The summed E-state index contributed by atoms with van der Waals surface area (Å²) in [6.07, 6.45) is -5.57. The molecule has 3 rings (SSSR count). The van der Waals surface area contributed by atoms with Gasteiger partial charge in [0.15, 0.2) is 0 Å². The van der Waals surface area contributed by atoms with Gasteiger partial charge in [-0.2, -0.15) is 18.4 Å². The molecule has 0 amide bonds. The minimum Gasteiger partial charge on any atom is -0.390 e. The Morgan fingerprint density at radius 3 is 2.60 bits per heavy atom. The fourth-order valence-corrected chi connectivity index (χ4v) is 4.29. The SMILES string of the molecule is N#Cc1c(C(F)(F)F)cc(-c2cccs2)nc1SCC(O)CNc1ccc(Cl)cc1. The third-order valence-electron chi connectivity index (χ3n) is 3.98. The summed E-state index contributed by atoms with van der Waals surface area (Å²) in [4.78, 5) is 4.83. The highest BCUT2D eigenvalue weighted by molar-refractivity contribution is 7.99. The molecule has 30 heavy (non-hydrogen) atoms. The largest absolute Gasteiger partial charge is 0.417 e. The number of hydrogen-bond donors (Lipinski definition) is 2. The molecule has 0 aliphatic rings. The quantitative estimate of drug-likeness (QED) is 0.420. The van der Waals surface area contributed by atoms with Gasteiger partial charge in [0.25, 0.3) is 0 Å². The number of nitrogens with one attached hydrogen (secondary N) is 1. The van der Waals surface area contributed by atoms with Gasteiger partial charge in [-0.15, -0.1) is 23.1 Å². The zero-order chi connectivity index (χ0) is 21.7. The number of alkyl halides is 3. The van der Waals surface area contributed by atoms with Crippen LogP contribution in [-0.2, 0) is 6.18 Å². The van der Waals surface area contributed by atoms with E-state index in [1.165, 1.54) is 11.3 Å². The Kier molecular flexibility index (Phi) is 7.26. The van der Waals surface area contributed by atoms with Gasteiger partial charge >= 0.3 is 6.18 Å². The number of thiophene rings is 1. The van der Waals surface area contributed by atoms with Crippen LogP contribution in [0.3, 0.4) is 0 Å². The number of anilines is 1. The van der Waals surface area contributed by atoms with Gasteiger partial charge in [0.2, 0.25) is 0 Å². The molecule has 2 N–H and O–H groups in total. The summed E-state index contributed by atoms with van der Waals surface area (Å²) >= 11 is 8.00. The van der Waals surface area contributed by atoms with Crippen LogP contribution in [0.15, 0.2) is 52.9 Å². The number of thioether (sulfide) groups is 1. The second-order valence-electron chi connectivity index (χ2n) is 6.17. The van der Waals surface area contributed by atoms with E-state index in [1.807, 2.05) is 0 Å². The molecule has 156 valence electrons. The molecule has 0 saturated heterocycles. The summed E-state index contributed by atoms with van der Waals surface area (Å²) < 4.78 is 40.6. The fourth-order valence-electron chi connectivity index (χ4n) is 2.55. The monoisotopic (exact) mass is 469 g/mol. The van der Waals surface area contributed by atoms with Crippen molar-refractivity contribution in [2.45, 2.75) is 17.3 Å². The van der Waals surface area contributed by atoms with E-state index in [2.05, 4.69) is 10.3 Å². The summed E-state index contributed by atoms with van der Waals surface area (Å²) in [5, 5.41) is 24.9. The van der Waals surface area contributed by atoms with Crippen molar-refractivity contribution in [1.82, 2.24) is 4.98 Å². The number of hydrogen-bond acceptors (Lipinski definition) is 6. The lowest BCUT2D eigenvalue weighted by molar-refractivity contribution is -0.138. The zero-order valence-electron chi connectivity index (χ0n) is 15.3. The molecule has 0 aliphatic carbocycles. The fraction of sp³-hybridized carbons (Fsp3) is 0.200. The van der Waals surface area contributed by atoms with Gasteiger partial charge in [-0.05, 0) is 41.8 Å². The van der Waals surface area contributed by atoms with E-state index in [9.17, 15) is 23.5 Å². The molecule has 2 aromatic heterocycles. The Bertz CT molecular complexity index is 1040. The van der Waals surface area contributed by atoms with Crippen LogP contribution in [0.5, 0.6) is 0 Å². The Hall–Kier alpha value is -2.25. The Morgan fingerprint density at radius 2 is 2.00 bits per heavy atom. The molecular weight excluding hydrogens is 455 g/mol. The maximum absolute atomic E-state index is 13.5.